The van der Waals surface area contributed by atoms with Crippen LogP contribution in [0.1, 0.15) is 39.0 Å². The fourth-order valence-electron chi connectivity index (χ4n) is 3.01. The van der Waals surface area contributed by atoms with Gasteiger partial charge in [0.1, 0.15) is 0 Å². The predicted molar refractivity (Wildman–Crippen MR) is 62.1 cm³/mol. The van der Waals surface area contributed by atoms with Crippen molar-refractivity contribution in [1.82, 2.24) is 10.2 Å². The molecular formula is C12H22N2O2. The van der Waals surface area contributed by atoms with Crippen molar-refractivity contribution in [2.45, 2.75) is 57.2 Å². The average Bonchev–Trinajstić information content (AvgIpc) is 2.65. The molecular weight excluding hydrogens is 204 g/mol. The summed E-state index contributed by atoms with van der Waals surface area (Å²) >= 11 is 0. The number of nitrogens with zero attached hydrogens (tertiary/aromatic N) is 1. The van der Waals surface area contributed by atoms with Crippen LogP contribution in [0.2, 0.25) is 0 Å². The number of nitrogens with one attached hydrogen (secondary N) is 1. The van der Waals surface area contributed by atoms with Gasteiger partial charge in [-0.25, -0.2) is 0 Å². The van der Waals surface area contributed by atoms with Crippen molar-refractivity contribution in [3.05, 3.63) is 0 Å². The maximum atomic E-state index is 10.9. The third kappa shape index (κ3) is 2.74. The molecule has 2 rings (SSSR count). The molecule has 4 heteroatoms. The van der Waals surface area contributed by atoms with E-state index >= 15 is 0 Å². The Labute approximate surface area is 97.0 Å². The monoisotopic (exact) mass is 226 g/mol. The van der Waals surface area contributed by atoms with E-state index in [2.05, 4.69) is 10.2 Å². The van der Waals surface area contributed by atoms with Gasteiger partial charge >= 0.3 is 0 Å². The van der Waals surface area contributed by atoms with Crippen LogP contribution in [0.25, 0.3) is 0 Å². The zero-order valence-electron chi connectivity index (χ0n) is 9.98. The summed E-state index contributed by atoms with van der Waals surface area (Å²) in [5.41, 5.74) is 0. The molecule has 1 amide bonds. The molecule has 2 fully saturated rings. The fourth-order valence-corrected chi connectivity index (χ4v) is 3.01. The first-order valence-corrected chi connectivity index (χ1v) is 6.36. The number of amides is 1. The SMILES string of the molecule is CC(=O)NC1CCN(C2CCCC2O)CC1. The van der Waals surface area contributed by atoms with Gasteiger partial charge in [-0.15, -0.1) is 0 Å². The number of carbonyl (C=O) groups is 1. The molecule has 92 valence electrons. The van der Waals surface area contributed by atoms with E-state index in [0.29, 0.717) is 12.1 Å². The Balaban J connectivity index is 1.78. The molecule has 2 N–H and O–H groups in total. The van der Waals surface area contributed by atoms with Crippen LogP contribution in [0.5, 0.6) is 0 Å². The van der Waals surface area contributed by atoms with E-state index in [9.17, 15) is 9.90 Å². The van der Waals surface area contributed by atoms with E-state index in [1.807, 2.05) is 0 Å². The first kappa shape index (κ1) is 11.9. The van der Waals surface area contributed by atoms with Gasteiger partial charge in [-0.3, -0.25) is 9.69 Å². The number of likely N-dealkylation sites (tertiary alicyclic amines) is 1. The van der Waals surface area contributed by atoms with Crippen LogP contribution in [0.3, 0.4) is 0 Å². The van der Waals surface area contributed by atoms with E-state index in [4.69, 9.17) is 0 Å². The first-order chi connectivity index (χ1) is 7.66. The Morgan fingerprint density at radius 1 is 1.25 bits per heavy atom. The number of aliphatic hydroxyl groups is 1. The highest BCUT2D eigenvalue weighted by Crippen LogP contribution is 2.26. The van der Waals surface area contributed by atoms with Gasteiger partial charge in [0.05, 0.1) is 6.10 Å². The molecule has 0 radical (unpaired) electrons. The van der Waals surface area contributed by atoms with Crippen molar-refractivity contribution >= 4 is 5.91 Å². The minimum atomic E-state index is -0.127. The molecule has 1 aliphatic carbocycles. The Bertz CT molecular complexity index is 249. The molecule has 1 aliphatic heterocycles. The second-order valence-corrected chi connectivity index (χ2v) is 5.08. The van der Waals surface area contributed by atoms with Gasteiger partial charge in [-0.2, -0.15) is 0 Å². The van der Waals surface area contributed by atoms with Crippen molar-refractivity contribution in [2.75, 3.05) is 13.1 Å². The van der Waals surface area contributed by atoms with Crippen LogP contribution in [0.15, 0.2) is 0 Å². The van der Waals surface area contributed by atoms with Crippen molar-refractivity contribution in [2.24, 2.45) is 0 Å². The summed E-state index contributed by atoms with van der Waals surface area (Å²) in [5, 5.41) is 12.8. The van der Waals surface area contributed by atoms with Crippen molar-refractivity contribution in [3.8, 4) is 0 Å². The third-order valence-corrected chi connectivity index (χ3v) is 3.85. The van der Waals surface area contributed by atoms with Gasteiger partial charge in [-0.1, -0.05) is 0 Å². The normalized spacial score (nSPS) is 32.9. The zero-order chi connectivity index (χ0) is 11.5. The van der Waals surface area contributed by atoms with Gasteiger partial charge in [-0.05, 0) is 32.1 Å². The zero-order valence-corrected chi connectivity index (χ0v) is 9.98. The quantitative estimate of drug-likeness (QED) is 0.721. The minimum Gasteiger partial charge on any atom is -0.391 e. The molecule has 0 aromatic rings. The number of rotatable bonds is 2. The summed E-state index contributed by atoms with van der Waals surface area (Å²) in [4.78, 5) is 13.3. The second kappa shape index (κ2) is 5.15. The van der Waals surface area contributed by atoms with E-state index in [-0.39, 0.29) is 12.0 Å². The highest BCUT2D eigenvalue weighted by Gasteiger charge is 2.32. The first-order valence-electron chi connectivity index (χ1n) is 6.36. The van der Waals surface area contributed by atoms with Crippen LogP contribution in [0, 0.1) is 0 Å². The number of hydrogen-bond donors (Lipinski definition) is 2. The van der Waals surface area contributed by atoms with E-state index in [0.717, 1.165) is 45.2 Å². The van der Waals surface area contributed by atoms with Crippen LogP contribution < -0.4 is 5.32 Å². The summed E-state index contributed by atoms with van der Waals surface area (Å²) in [6, 6.07) is 0.713. The van der Waals surface area contributed by atoms with Crippen LogP contribution in [-0.2, 0) is 4.79 Å². The largest absolute Gasteiger partial charge is 0.391 e. The Morgan fingerprint density at radius 2 is 1.94 bits per heavy atom. The topological polar surface area (TPSA) is 52.6 Å². The summed E-state index contributed by atoms with van der Waals surface area (Å²) in [5.74, 6) is 0.0688. The molecule has 1 heterocycles. The summed E-state index contributed by atoms with van der Waals surface area (Å²) in [6.07, 6.45) is 5.14. The van der Waals surface area contributed by atoms with E-state index in [1.165, 1.54) is 0 Å². The van der Waals surface area contributed by atoms with Gasteiger partial charge in [0, 0.05) is 32.1 Å². The van der Waals surface area contributed by atoms with E-state index < -0.39 is 0 Å². The maximum absolute atomic E-state index is 10.9. The molecule has 2 atom stereocenters. The third-order valence-electron chi connectivity index (χ3n) is 3.85. The molecule has 16 heavy (non-hydrogen) atoms. The maximum Gasteiger partial charge on any atom is 0.217 e. The standard InChI is InChI=1S/C12H22N2O2/c1-9(15)13-10-5-7-14(8-6-10)11-3-2-4-12(11)16/h10-12,16H,2-8H2,1H3,(H,13,15). The number of aliphatic hydroxyl groups excluding tert-OH is 1. The van der Waals surface area contributed by atoms with Crippen LogP contribution >= 0.6 is 0 Å². The summed E-state index contributed by atoms with van der Waals surface area (Å²) in [7, 11) is 0. The average molecular weight is 226 g/mol. The fraction of sp³-hybridized carbons (Fsp3) is 0.917. The van der Waals surface area contributed by atoms with Crippen LogP contribution in [0.4, 0.5) is 0 Å². The molecule has 0 spiro atoms. The number of carbonyl (C=O) groups excluding carboxylic acids is 1. The Kier molecular flexibility index (Phi) is 3.82. The molecule has 0 aromatic heterocycles. The van der Waals surface area contributed by atoms with Gasteiger partial charge < -0.3 is 10.4 Å². The highest BCUT2D eigenvalue weighted by molar-refractivity contribution is 5.73. The lowest BCUT2D eigenvalue weighted by molar-refractivity contribution is -0.120. The smallest absolute Gasteiger partial charge is 0.217 e. The summed E-state index contributed by atoms with van der Waals surface area (Å²) < 4.78 is 0. The predicted octanol–water partition coefficient (Wildman–Crippen LogP) is 0.500. The molecule has 2 unspecified atom stereocenters. The Hall–Kier alpha value is -0.610. The van der Waals surface area contributed by atoms with Crippen molar-refractivity contribution in [1.29, 1.82) is 0 Å². The van der Waals surface area contributed by atoms with Crippen molar-refractivity contribution < 1.29 is 9.90 Å². The van der Waals surface area contributed by atoms with Crippen molar-refractivity contribution in [3.63, 3.8) is 0 Å². The van der Waals surface area contributed by atoms with Gasteiger partial charge in [0.15, 0.2) is 0 Å². The van der Waals surface area contributed by atoms with E-state index in [1.54, 1.807) is 6.92 Å². The lowest BCUT2D eigenvalue weighted by Gasteiger charge is -2.37. The minimum absolute atomic E-state index is 0.0688. The summed E-state index contributed by atoms with van der Waals surface area (Å²) in [6.45, 7) is 3.59. The lowest BCUT2D eigenvalue weighted by atomic mass is 10.0. The van der Waals surface area contributed by atoms with Crippen LogP contribution in [-0.4, -0.2) is 47.2 Å². The molecule has 2 aliphatic rings. The second-order valence-electron chi connectivity index (χ2n) is 5.08. The molecule has 4 nitrogen and oxygen atoms in total. The molecule has 1 saturated heterocycles. The number of hydrogen-bond acceptors (Lipinski definition) is 3. The van der Waals surface area contributed by atoms with Gasteiger partial charge in [0.2, 0.25) is 5.91 Å². The van der Waals surface area contributed by atoms with Gasteiger partial charge in [0.25, 0.3) is 0 Å². The molecule has 1 saturated carbocycles. The Morgan fingerprint density at radius 3 is 2.44 bits per heavy atom. The lowest BCUT2D eigenvalue weighted by Crippen LogP contribution is -2.49. The highest BCUT2D eigenvalue weighted by atomic mass is 16.3. The molecule has 0 aromatic carbocycles. The molecule has 0 bridgehead atoms. The number of piperidine rings is 1.